The number of nitrogens with one attached hydrogen (secondary N) is 1. The van der Waals surface area contributed by atoms with Gasteiger partial charge in [0.05, 0.1) is 5.92 Å². The number of aromatic hydroxyl groups is 1. The topological polar surface area (TPSA) is 49.3 Å². The summed E-state index contributed by atoms with van der Waals surface area (Å²) in [5, 5.41) is 12.2. The second-order valence-electron chi connectivity index (χ2n) is 4.52. The Morgan fingerprint density at radius 2 is 1.89 bits per heavy atom. The fraction of sp³-hybridized carbons (Fsp3) is 0.188. The lowest BCUT2D eigenvalue weighted by molar-refractivity contribution is -0.122. The molecule has 0 aliphatic rings. The smallest absolute Gasteiger partial charge is 0.227 e. The van der Waals surface area contributed by atoms with Crippen LogP contribution in [0.25, 0.3) is 0 Å². The van der Waals surface area contributed by atoms with Crippen molar-refractivity contribution in [2.45, 2.75) is 19.4 Å². The molecule has 3 nitrogen and oxygen atoms in total. The van der Waals surface area contributed by atoms with Crippen LogP contribution in [0.2, 0.25) is 0 Å². The first kappa shape index (κ1) is 13.1. The Morgan fingerprint density at radius 3 is 2.58 bits per heavy atom. The van der Waals surface area contributed by atoms with Gasteiger partial charge in [-0.1, -0.05) is 42.5 Å². The monoisotopic (exact) mass is 255 g/mol. The van der Waals surface area contributed by atoms with Crippen molar-refractivity contribution >= 4 is 5.91 Å². The molecule has 2 aromatic rings. The average molecular weight is 255 g/mol. The van der Waals surface area contributed by atoms with Crippen LogP contribution in [-0.4, -0.2) is 11.0 Å². The maximum atomic E-state index is 12.0. The summed E-state index contributed by atoms with van der Waals surface area (Å²) >= 11 is 0. The lowest BCUT2D eigenvalue weighted by atomic mass is 10.0. The molecule has 0 aliphatic carbocycles. The third kappa shape index (κ3) is 3.58. The van der Waals surface area contributed by atoms with Gasteiger partial charge in [0, 0.05) is 6.54 Å². The van der Waals surface area contributed by atoms with E-state index >= 15 is 0 Å². The van der Waals surface area contributed by atoms with Gasteiger partial charge in [0.25, 0.3) is 0 Å². The van der Waals surface area contributed by atoms with Gasteiger partial charge in [-0.05, 0) is 30.2 Å². The zero-order valence-electron chi connectivity index (χ0n) is 10.8. The minimum absolute atomic E-state index is 0.0189. The second kappa shape index (κ2) is 6.05. The van der Waals surface area contributed by atoms with E-state index in [1.807, 2.05) is 43.3 Å². The Labute approximate surface area is 112 Å². The molecular weight excluding hydrogens is 238 g/mol. The highest BCUT2D eigenvalue weighted by Gasteiger charge is 2.14. The quantitative estimate of drug-likeness (QED) is 0.882. The van der Waals surface area contributed by atoms with Crippen molar-refractivity contribution in [1.29, 1.82) is 0 Å². The van der Waals surface area contributed by atoms with Gasteiger partial charge in [-0.25, -0.2) is 0 Å². The predicted molar refractivity (Wildman–Crippen MR) is 74.8 cm³/mol. The molecule has 1 atom stereocenters. The molecule has 3 heteroatoms. The molecule has 98 valence electrons. The molecule has 0 aliphatic heterocycles. The minimum atomic E-state index is -0.182. The third-order valence-electron chi connectivity index (χ3n) is 3.07. The van der Waals surface area contributed by atoms with E-state index in [1.165, 1.54) is 0 Å². The van der Waals surface area contributed by atoms with Gasteiger partial charge in [-0.15, -0.1) is 0 Å². The van der Waals surface area contributed by atoms with Gasteiger partial charge in [0.15, 0.2) is 0 Å². The molecule has 0 radical (unpaired) electrons. The summed E-state index contributed by atoms with van der Waals surface area (Å²) < 4.78 is 0. The molecule has 2 rings (SSSR count). The van der Waals surface area contributed by atoms with Gasteiger partial charge in [0.2, 0.25) is 5.91 Å². The molecule has 0 saturated heterocycles. The first-order valence-corrected chi connectivity index (χ1v) is 6.27. The van der Waals surface area contributed by atoms with Gasteiger partial charge >= 0.3 is 0 Å². The van der Waals surface area contributed by atoms with Crippen LogP contribution in [0.1, 0.15) is 24.0 Å². The lowest BCUT2D eigenvalue weighted by Gasteiger charge is -2.12. The van der Waals surface area contributed by atoms with Crippen LogP contribution < -0.4 is 5.32 Å². The first-order chi connectivity index (χ1) is 9.16. The molecule has 19 heavy (non-hydrogen) atoms. The van der Waals surface area contributed by atoms with Crippen LogP contribution in [0.3, 0.4) is 0 Å². The number of amides is 1. The largest absolute Gasteiger partial charge is 0.508 e. The van der Waals surface area contributed by atoms with E-state index in [0.717, 1.165) is 11.1 Å². The molecule has 1 amide bonds. The van der Waals surface area contributed by atoms with Crippen molar-refractivity contribution in [3.63, 3.8) is 0 Å². The van der Waals surface area contributed by atoms with E-state index < -0.39 is 0 Å². The van der Waals surface area contributed by atoms with Crippen LogP contribution >= 0.6 is 0 Å². The van der Waals surface area contributed by atoms with Crippen LogP contribution in [0.15, 0.2) is 54.6 Å². The Kier molecular flexibility index (Phi) is 4.18. The van der Waals surface area contributed by atoms with E-state index in [0.29, 0.717) is 6.54 Å². The average Bonchev–Trinajstić information content (AvgIpc) is 2.45. The summed E-state index contributed by atoms with van der Waals surface area (Å²) in [4.78, 5) is 12.0. The van der Waals surface area contributed by atoms with Crippen molar-refractivity contribution < 1.29 is 9.90 Å². The molecule has 0 spiro atoms. The van der Waals surface area contributed by atoms with E-state index in [2.05, 4.69) is 5.32 Å². The SMILES string of the molecule is CC(C(=O)NCc1cccc(O)c1)c1ccccc1. The van der Waals surface area contributed by atoms with Crippen LogP contribution in [0.5, 0.6) is 5.75 Å². The van der Waals surface area contributed by atoms with Gasteiger partial charge in [-0.2, -0.15) is 0 Å². The lowest BCUT2D eigenvalue weighted by Crippen LogP contribution is -2.27. The molecule has 2 N–H and O–H groups in total. The highest BCUT2D eigenvalue weighted by atomic mass is 16.3. The third-order valence-corrected chi connectivity index (χ3v) is 3.07. The summed E-state index contributed by atoms with van der Waals surface area (Å²) in [7, 11) is 0. The van der Waals surface area contributed by atoms with Crippen molar-refractivity contribution in [1.82, 2.24) is 5.32 Å². The number of benzene rings is 2. The van der Waals surface area contributed by atoms with Crippen molar-refractivity contribution in [3.8, 4) is 5.75 Å². The molecule has 0 heterocycles. The fourth-order valence-electron chi connectivity index (χ4n) is 1.90. The van der Waals surface area contributed by atoms with Crippen molar-refractivity contribution in [2.75, 3.05) is 0 Å². The van der Waals surface area contributed by atoms with E-state index in [-0.39, 0.29) is 17.6 Å². The first-order valence-electron chi connectivity index (χ1n) is 6.27. The van der Waals surface area contributed by atoms with Gasteiger partial charge in [0.1, 0.15) is 5.75 Å². The minimum Gasteiger partial charge on any atom is -0.508 e. The van der Waals surface area contributed by atoms with Crippen LogP contribution in [0.4, 0.5) is 0 Å². The fourth-order valence-corrected chi connectivity index (χ4v) is 1.90. The van der Waals surface area contributed by atoms with Crippen LogP contribution in [-0.2, 0) is 11.3 Å². The number of hydrogen-bond acceptors (Lipinski definition) is 2. The second-order valence-corrected chi connectivity index (χ2v) is 4.52. The summed E-state index contributed by atoms with van der Waals surface area (Å²) in [6.45, 7) is 2.30. The number of hydrogen-bond donors (Lipinski definition) is 2. The standard InChI is InChI=1S/C16H17NO2/c1-12(14-7-3-2-4-8-14)16(19)17-11-13-6-5-9-15(18)10-13/h2-10,12,18H,11H2,1H3,(H,17,19). The highest BCUT2D eigenvalue weighted by Crippen LogP contribution is 2.15. The van der Waals surface area contributed by atoms with Crippen molar-refractivity contribution in [3.05, 3.63) is 65.7 Å². The Morgan fingerprint density at radius 1 is 1.16 bits per heavy atom. The number of rotatable bonds is 4. The summed E-state index contributed by atoms with van der Waals surface area (Å²) in [6.07, 6.45) is 0. The number of phenols is 1. The molecule has 0 saturated carbocycles. The highest BCUT2D eigenvalue weighted by molar-refractivity contribution is 5.83. The molecule has 0 bridgehead atoms. The van der Waals surface area contributed by atoms with E-state index in [9.17, 15) is 9.90 Å². The number of carbonyl (C=O) groups is 1. The summed E-state index contributed by atoms with van der Waals surface area (Å²) in [5.41, 5.74) is 1.88. The van der Waals surface area contributed by atoms with Crippen molar-refractivity contribution in [2.24, 2.45) is 0 Å². The van der Waals surface area contributed by atoms with Gasteiger partial charge < -0.3 is 10.4 Å². The number of carbonyl (C=O) groups excluding carboxylic acids is 1. The Balaban J connectivity index is 1.95. The molecule has 0 aromatic heterocycles. The molecule has 2 aromatic carbocycles. The Hall–Kier alpha value is -2.29. The zero-order valence-corrected chi connectivity index (χ0v) is 10.8. The van der Waals surface area contributed by atoms with Crippen LogP contribution in [0, 0.1) is 0 Å². The maximum absolute atomic E-state index is 12.0. The summed E-state index contributed by atoms with van der Waals surface area (Å²) in [6, 6.07) is 16.6. The predicted octanol–water partition coefficient (Wildman–Crippen LogP) is 2.81. The Bertz CT molecular complexity index is 552. The number of phenolic OH excluding ortho intramolecular Hbond substituents is 1. The van der Waals surface area contributed by atoms with E-state index in [4.69, 9.17) is 0 Å². The van der Waals surface area contributed by atoms with Gasteiger partial charge in [-0.3, -0.25) is 4.79 Å². The molecule has 0 fully saturated rings. The summed E-state index contributed by atoms with van der Waals surface area (Å²) in [5.74, 6) is 0.0101. The zero-order chi connectivity index (χ0) is 13.7. The molecular formula is C16H17NO2. The maximum Gasteiger partial charge on any atom is 0.227 e. The normalized spacial score (nSPS) is 11.8. The van der Waals surface area contributed by atoms with E-state index in [1.54, 1.807) is 18.2 Å². The molecule has 1 unspecified atom stereocenters.